The average Bonchev–Trinajstić information content (AvgIpc) is 3.20. The number of carbonyl (C=O) groups is 2. The van der Waals surface area contributed by atoms with Gasteiger partial charge in [-0.15, -0.1) is 0 Å². The number of nitrogens with zero attached hydrogens (tertiary/aromatic N) is 1. The number of carbonyl (C=O) groups excluding carboxylic acids is 1. The lowest BCUT2D eigenvalue weighted by molar-refractivity contribution is -0.141. The fourth-order valence-electron chi connectivity index (χ4n) is 3.34. The summed E-state index contributed by atoms with van der Waals surface area (Å²) in [6.45, 7) is 0.952. The summed E-state index contributed by atoms with van der Waals surface area (Å²) < 4.78 is 5.53. The van der Waals surface area contributed by atoms with Crippen molar-refractivity contribution in [3.63, 3.8) is 0 Å². The lowest BCUT2D eigenvalue weighted by atomic mass is 10.0. The number of aliphatic carboxylic acids is 1. The van der Waals surface area contributed by atoms with Gasteiger partial charge in [0.2, 0.25) is 5.91 Å². The molecule has 1 saturated heterocycles. The van der Waals surface area contributed by atoms with Gasteiger partial charge in [-0.05, 0) is 41.0 Å². The molecule has 0 saturated carbocycles. The Morgan fingerprint density at radius 3 is 2.79 bits per heavy atom. The molecule has 24 heavy (non-hydrogen) atoms. The molecule has 2 aromatic rings. The van der Waals surface area contributed by atoms with Crippen LogP contribution in [0.4, 0.5) is 5.69 Å². The van der Waals surface area contributed by atoms with Crippen LogP contribution in [-0.2, 0) is 16.0 Å². The van der Waals surface area contributed by atoms with Crippen LogP contribution in [0.15, 0.2) is 42.5 Å². The Bertz CT molecular complexity index is 830. The predicted octanol–water partition coefficient (Wildman–Crippen LogP) is 2.73. The molecule has 5 nitrogen and oxygen atoms in total. The highest BCUT2D eigenvalue weighted by Crippen LogP contribution is 2.33. The zero-order valence-electron chi connectivity index (χ0n) is 13.1. The summed E-state index contributed by atoms with van der Waals surface area (Å²) in [6.07, 6.45) is 0.976. The van der Waals surface area contributed by atoms with E-state index in [9.17, 15) is 9.59 Å². The number of carboxylic acid groups (broad SMARTS) is 1. The Hall–Kier alpha value is -2.82. The minimum absolute atomic E-state index is 0.0652. The highest BCUT2D eigenvalue weighted by atomic mass is 16.5. The zero-order valence-corrected chi connectivity index (χ0v) is 13.1. The largest absolute Gasteiger partial charge is 0.493 e. The van der Waals surface area contributed by atoms with Crippen molar-refractivity contribution in [3.8, 4) is 16.9 Å². The lowest BCUT2D eigenvalue weighted by Gasteiger charge is -2.17. The Kier molecular flexibility index (Phi) is 3.49. The molecule has 1 fully saturated rings. The number of hydrogen-bond donors (Lipinski definition) is 1. The molecular weight excluding hydrogens is 306 g/mol. The Morgan fingerprint density at radius 1 is 1.17 bits per heavy atom. The molecular formula is C19H17NO4. The first-order valence-electron chi connectivity index (χ1n) is 8.01. The van der Waals surface area contributed by atoms with Gasteiger partial charge >= 0.3 is 5.97 Å². The van der Waals surface area contributed by atoms with Crippen LogP contribution in [0, 0.1) is 5.92 Å². The van der Waals surface area contributed by atoms with E-state index in [1.54, 1.807) is 4.90 Å². The second kappa shape index (κ2) is 5.67. The smallest absolute Gasteiger partial charge is 0.308 e. The summed E-state index contributed by atoms with van der Waals surface area (Å²) in [5, 5.41) is 9.13. The summed E-state index contributed by atoms with van der Waals surface area (Å²) in [6, 6.07) is 13.8. The normalized spacial score (nSPS) is 19.2. The molecule has 0 spiro atoms. The minimum Gasteiger partial charge on any atom is -0.493 e. The van der Waals surface area contributed by atoms with E-state index in [1.165, 1.54) is 5.56 Å². The van der Waals surface area contributed by atoms with Gasteiger partial charge in [0, 0.05) is 25.1 Å². The molecule has 1 unspecified atom stereocenters. The van der Waals surface area contributed by atoms with Gasteiger partial charge < -0.3 is 14.7 Å². The van der Waals surface area contributed by atoms with E-state index in [4.69, 9.17) is 9.84 Å². The molecule has 2 heterocycles. The van der Waals surface area contributed by atoms with Crippen LogP contribution in [-0.4, -0.2) is 30.1 Å². The van der Waals surface area contributed by atoms with Crippen molar-refractivity contribution in [2.45, 2.75) is 12.8 Å². The second-order valence-corrected chi connectivity index (χ2v) is 6.21. The number of benzene rings is 2. The van der Waals surface area contributed by atoms with Crippen molar-refractivity contribution in [1.29, 1.82) is 0 Å². The molecule has 122 valence electrons. The van der Waals surface area contributed by atoms with E-state index in [0.29, 0.717) is 0 Å². The molecule has 0 bridgehead atoms. The number of hydrogen-bond acceptors (Lipinski definition) is 3. The van der Waals surface area contributed by atoms with Crippen molar-refractivity contribution < 1.29 is 19.4 Å². The maximum Gasteiger partial charge on any atom is 0.308 e. The Labute approximate surface area is 139 Å². The third-order valence-corrected chi connectivity index (χ3v) is 4.65. The molecule has 0 aromatic heterocycles. The van der Waals surface area contributed by atoms with E-state index in [1.807, 2.05) is 36.4 Å². The van der Waals surface area contributed by atoms with Gasteiger partial charge in [0.05, 0.1) is 12.5 Å². The average molecular weight is 323 g/mol. The first kappa shape index (κ1) is 14.8. The van der Waals surface area contributed by atoms with Crippen molar-refractivity contribution >= 4 is 17.6 Å². The zero-order chi connectivity index (χ0) is 16.7. The van der Waals surface area contributed by atoms with Gasteiger partial charge in [0.15, 0.2) is 0 Å². The van der Waals surface area contributed by atoms with Crippen LogP contribution in [0.25, 0.3) is 11.1 Å². The fraction of sp³-hybridized carbons (Fsp3) is 0.263. The second-order valence-electron chi connectivity index (χ2n) is 6.21. The molecule has 0 aliphatic carbocycles. The van der Waals surface area contributed by atoms with E-state index in [2.05, 4.69) is 6.07 Å². The fourth-order valence-corrected chi connectivity index (χ4v) is 3.34. The number of ether oxygens (including phenoxy) is 1. The van der Waals surface area contributed by atoms with Crippen molar-refractivity contribution in [2.24, 2.45) is 5.92 Å². The number of rotatable bonds is 3. The topological polar surface area (TPSA) is 66.8 Å². The van der Waals surface area contributed by atoms with Crippen LogP contribution in [0.3, 0.4) is 0 Å². The molecule has 1 amide bonds. The maximum atomic E-state index is 12.1. The number of carboxylic acids is 1. The molecule has 1 atom stereocenters. The number of amides is 1. The van der Waals surface area contributed by atoms with Crippen molar-refractivity contribution in [1.82, 2.24) is 0 Å². The lowest BCUT2D eigenvalue weighted by Crippen LogP contribution is -2.25. The van der Waals surface area contributed by atoms with Crippen molar-refractivity contribution in [3.05, 3.63) is 48.0 Å². The van der Waals surface area contributed by atoms with Crippen LogP contribution >= 0.6 is 0 Å². The third kappa shape index (κ3) is 2.52. The predicted molar refractivity (Wildman–Crippen MR) is 89.2 cm³/mol. The molecule has 2 aliphatic rings. The standard InChI is InChI=1S/C19H17NO4/c21-18-10-15(19(22)23)11-20(18)16-3-1-2-12(9-16)13-4-5-17-14(8-13)6-7-24-17/h1-5,8-9,15H,6-7,10-11H2,(H,22,23). The molecule has 0 radical (unpaired) electrons. The molecule has 4 rings (SSSR count). The van der Waals surface area contributed by atoms with Crippen LogP contribution in [0.5, 0.6) is 5.75 Å². The summed E-state index contributed by atoms with van der Waals surface area (Å²) in [7, 11) is 0. The number of anilines is 1. The summed E-state index contributed by atoms with van der Waals surface area (Å²) in [4.78, 5) is 24.8. The Morgan fingerprint density at radius 2 is 2.00 bits per heavy atom. The number of fused-ring (bicyclic) bond motifs is 1. The molecule has 1 N–H and O–H groups in total. The minimum atomic E-state index is -0.916. The maximum absolute atomic E-state index is 12.1. The SMILES string of the molecule is O=C(O)C1CC(=O)N(c2cccc(-c3ccc4c(c3)CCO4)c2)C1. The van der Waals surface area contributed by atoms with E-state index in [0.717, 1.165) is 35.6 Å². The van der Waals surface area contributed by atoms with Gasteiger partial charge in [0.1, 0.15) is 5.75 Å². The van der Waals surface area contributed by atoms with Gasteiger partial charge in [-0.3, -0.25) is 9.59 Å². The summed E-state index contributed by atoms with van der Waals surface area (Å²) in [5.74, 6) is -0.741. The van der Waals surface area contributed by atoms with Crippen molar-refractivity contribution in [2.75, 3.05) is 18.1 Å². The summed E-state index contributed by atoms with van der Waals surface area (Å²) >= 11 is 0. The van der Waals surface area contributed by atoms with Crippen LogP contribution in [0.1, 0.15) is 12.0 Å². The molecule has 2 aromatic carbocycles. The van der Waals surface area contributed by atoms with Gasteiger partial charge in [-0.25, -0.2) is 0 Å². The summed E-state index contributed by atoms with van der Waals surface area (Å²) in [5.41, 5.74) is 4.02. The van der Waals surface area contributed by atoms with Crippen LogP contribution in [0.2, 0.25) is 0 Å². The first-order chi connectivity index (χ1) is 11.6. The molecule has 5 heteroatoms. The van der Waals surface area contributed by atoms with E-state index in [-0.39, 0.29) is 18.9 Å². The highest BCUT2D eigenvalue weighted by molar-refractivity contribution is 5.99. The van der Waals surface area contributed by atoms with E-state index < -0.39 is 11.9 Å². The quantitative estimate of drug-likeness (QED) is 0.943. The van der Waals surface area contributed by atoms with Gasteiger partial charge in [-0.2, -0.15) is 0 Å². The van der Waals surface area contributed by atoms with Crippen LogP contribution < -0.4 is 9.64 Å². The van der Waals surface area contributed by atoms with E-state index >= 15 is 0 Å². The van der Waals surface area contributed by atoms with Gasteiger partial charge in [-0.1, -0.05) is 18.2 Å². The van der Waals surface area contributed by atoms with Gasteiger partial charge in [0.25, 0.3) is 0 Å². The Balaban J connectivity index is 1.65. The third-order valence-electron chi connectivity index (χ3n) is 4.65. The first-order valence-corrected chi connectivity index (χ1v) is 8.01. The molecule has 2 aliphatic heterocycles. The monoisotopic (exact) mass is 323 g/mol. The highest BCUT2D eigenvalue weighted by Gasteiger charge is 2.35.